The van der Waals surface area contributed by atoms with Gasteiger partial charge in [-0.15, -0.1) is 0 Å². The zero-order valence-electron chi connectivity index (χ0n) is 29.2. The second-order valence-electron chi connectivity index (χ2n) is 13.0. The number of rotatable bonds is 16. The van der Waals surface area contributed by atoms with Crippen molar-refractivity contribution in [2.45, 2.75) is 63.0 Å². The number of nitrogens with zero attached hydrogens (tertiary/aromatic N) is 1. The molecular formula is C45H45NO6. The molecule has 5 aromatic carbocycles. The van der Waals surface area contributed by atoms with E-state index in [0.29, 0.717) is 45.5 Å². The summed E-state index contributed by atoms with van der Waals surface area (Å²) in [5.41, 5.74) is 5.23. The summed E-state index contributed by atoms with van der Waals surface area (Å²) < 4.78 is 39.7. The highest BCUT2D eigenvalue weighted by Crippen LogP contribution is 2.32. The monoisotopic (exact) mass is 695 g/mol. The molecule has 0 radical (unpaired) electrons. The topological polar surface area (TPSA) is 67.7 Å². The van der Waals surface area contributed by atoms with Crippen molar-refractivity contribution < 1.29 is 28.4 Å². The lowest BCUT2D eigenvalue weighted by atomic mass is 9.93. The fourth-order valence-corrected chi connectivity index (χ4v) is 6.44. The third-order valence-corrected chi connectivity index (χ3v) is 9.14. The lowest BCUT2D eigenvalue weighted by Crippen LogP contribution is -2.60. The molecule has 5 aromatic rings. The molecule has 7 nitrogen and oxygen atoms in total. The zero-order valence-corrected chi connectivity index (χ0v) is 29.2. The first-order valence-electron chi connectivity index (χ1n) is 18.0. The van der Waals surface area contributed by atoms with Crippen LogP contribution in [0.15, 0.2) is 169 Å². The van der Waals surface area contributed by atoms with Gasteiger partial charge in [0.05, 0.1) is 33.0 Å². The van der Waals surface area contributed by atoms with Gasteiger partial charge in [0.15, 0.2) is 0 Å². The molecule has 7 rings (SSSR count). The van der Waals surface area contributed by atoms with Crippen LogP contribution < -0.4 is 0 Å². The molecule has 0 spiro atoms. The molecule has 0 bridgehead atoms. The first-order valence-corrected chi connectivity index (χ1v) is 18.0. The minimum absolute atomic E-state index is 0.169. The van der Waals surface area contributed by atoms with Gasteiger partial charge < -0.3 is 28.4 Å². The Hall–Kier alpha value is -4.89. The smallest absolute Gasteiger partial charge is 0.216 e. The summed E-state index contributed by atoms with van der Waals surface area (Å²) in [5, 5.41) is 0. The predicted octanol–water partition coefficient (Wildman–Crippen LogP) is 8.13. The third-order valence-electron chi connectivity index (χ3n) is 9.14. The fraction of sp³-hybridized carbons (Fsp3) is 0.267. The van der Waals surface area contributed by atoms with Crippen LogP contribution in [0.2, 0.25) is 0 Å². The van der Waals surface area contributed by atoms with Crippen LogP contribution in [0.25, 0.3) is 0 Å². The van der Waals surface area contributed by atoms with Gasteiger partial charge in [-0.25, -0.2) is 4.99 Å². The van der Waals surface area contributed by atoms with E-state index in [9.17, 15) is 0 Å². The Morgan fingerprint density at radius 3 is 1.52 bits per heavy atom. The predicted molar refractivity (Wildman–Crippen MR) is 202 cm³/mol. The summed E-state index contributed by atoms with van der Waals surface area (Å²) in [4.78, 5) is 4.87. The summed E-state index contributed by atoms with van der Waals surface area (Å²) >= 11 is 0. The maximum atomic E-state index is 6.95. The first kappa shape index (κ1) is 35.5. The largest absolute Gasteiger partial charge is 0.475 e. The lowest BCUT2D eigenvalue weighted by Gasteiger charge is -2.45. The van der Waals surface area contributed by atoms with Crippen molar-refractivity contribution in [2.75, 3.05) is 13.2 Å². The van der Waals surface area contributed by atoms with Crippen LogP contribution in [-0.4, -0.2) is 55.7 Å². The Morgan fingerprint density at radius 1 is 0.519 bits per heavy atom. The lowest BCUT2D eigenvalue weighted by molar-refractivity contribution is -0.263. The van der Waals surface area contributed by atoms with Crippen LogP contribution in [0, 0.1) is 0 Å². The highest BCUT2D eigenvalue weighted by atomic mass is 16.6. The molecule has 2 aliphatic heterocycles. The van der Waals surface area contributed by atoms with Gasteiger partial charge in [-0.05, 0) is 34.4 Å². The Balaban J connectivity index is 1.19. The molecule has 6 atom stereocenters. The molecule has 0 aliphatic carbocycles. The molecule has 7 heteroatoms. The van der Waals surface area contributed by atoms with Crippen molar-refractivity contribution >= 4 is 5.90 Å². The van der Waals surface area contributed by atoms with Crippen LogP contribution in [0.4, 0.5) is 0 Å². The summed E-state index contributed by atoms with van der Waals surface area (Å²) in [6.07, 6.45) is 1.67. The standard InChI is InChI=1S/C45H45NO6/c1-6-16-34(17-7-1)28-47-33-41-43(49-30-36-20-10-3-11-21-36)44(50-31-37-22-12-4-13-23-37)42(48-29-35-18-8-2-9-19-35)40(52-41)27-26-39-32-51-45(46-39)38-24-14-5-15-25-38/h1-27,39-44H,28-33H2/b27-26+/t39?,40-,41+,42-,43-,44+/m0/s1. The van der Waals surface area contributed by atoms with Crippen molar-refractivity contribution in [1.82, 2.24) is 0 Å². The van der Waals surface area contributed by atoms with Crippen molar-refractivity contribution in [3.05, 3.63) is 192 Å². The molecule has 1 fully saturated rings. The van der Waals surface area contributed by atoms with Crippen LogP contribution in [0.3, 0.4) is 0 Å². The van der Waals surface area contributed by atoms with Gasteiger partial charge in [-0.1, -0.05) is 152 Å². The number of hydrogen-bond acceptors (Lipinski definition) is 7. The number of benzene rings is 5. The van der Waals surface area contributed by atoms with Gasteiger partial charge in [0.25, 0.3) is 0 Å². The van der Waals surface area contributed by atoms with E-state index < -0.39 is 30.5 Å². The van der Waals surface area contributed by atoms with E-state index >= 15 is 0 Å². The molecule has 2 heterocycles. The molecule has 0 saturated carbocycles. The summed E-state index contributed by atoms with van der Waals surface area (Å²) in [6, 6.07) is 50.5. The molecule has 0 amide bonds. The highest BCUT2D eigenvalue weighted by Gasteiger charge is 2.47. The maximum Gasteiger partial charge on any atom is 0.216 e. The molecular weight excluding hydrogens is 650 g/mol. The SMILES string of the molecule is C(=C\[C@@H]1O[C@H](COCc2ccccc2)[C@H](OCc2ccccc2)[C@H](OCc2ccccc2)[C@H]1OCc1ccccc1)/C1COC(c2ccccc2)=N1. The summed E-state index contributed by atoms with van der Waals surface area (Å²) in [6.45, 7) is 2.36. The molecule has 1 unspecified atom stereocenters. The van der Waals surface area contributed by atoms with E-state index in [2.05, 4.69) is 60.7 Å². The second-order valence-corrected chi connectivity index (χ2v) is 13.0. The van der Waals surface area contributed by atoms with Gasteiger partial charge in [0, 0.05) is 5.56 Å². The Morgan fingerprint density at radius 2 is 0.981 bits per heavy atom. The van der Waals surface area contributed by atoms with Crippen LogP contribution >= 0.6 is 0 Å². The summed E-state index contributed by atoms with van der Waals surface area (Å²) in [5.74, 6) is 0.641. The Bertz CT molecular complexity index is 1820. The maximum absolute atomic E-state index is 6.95. The molecule has 2 aliphatic rings. The Labute approximate surface area is 306 Å². The third kappa shape index (κ3) is 9.91. The minimum atomic E-state index is -0.508. The number of ether oxygens (including phenoxy) is 6. The minimum Gasteiger partial charge on any atom is -0.475 e. The molecule has 52 heavy (non-hydrogen) atoms. The zero-order chi connectivity index (χ0) is 35.2. The first-order chi connectivity index (χ1) is 25.8. The van der Waals surface area contributed by atoms with Crippen LogP contribution in [-0.2, 0) is 54.8 Å². The Kier molecular flexibility index (Phi) is 12.7. The quantitative estimate of drug-likeness (QED) is 0.0972. The van der Waals surface area contributed by atoms with Gasteiger partial charge in [0.1, 0.15) is 43.2 Å². The van der Waals surface area contributed by atoms with Crippen molar-refractivity contribution in [1.29, 1.82) is 0 Å². The van der Waals surface area contributed by atoms with Crippen molar-refractivity contribution in [3.63, 3.8) is 0 Å². The highest BCUT2D eigenvalue weighted by molar-refractivity contribution is 5.95. The van der Waals surface area contributed by atoms with E-state index in [-0.39, 0.29) is 6.04 Å². The summed E-state index contributed by atoms with van der Waals surface area (Å²) in [7, 11) is 0. The molecule has 0 N–H and O–H groups in total. The number of hydrogen-bond donors (Lipinski definition) is 0. The van der Waals surface area contributed by atoms with Gasteiger partial charge in [0.2, 0.25) is 5.90 Å². The van der Waals surface area contributed by atoms with Gasteiger partial charge >= 0.3 is 0 Å². The van der Waals surface area contributed by atoms with E-state index in [1.165, 1.54) is 0 Å². The normalized spacial score (nSPS) is 23.0. The van der Waals surface area contributed by atoms with Gasteiger partial charge in [-0.2, -0.15) is 0 Å². The fourth-order valence-electron chi connectivity index (χ4n) is 6.44. The second kappa shape index (κ2) is 18.6. The van der Waals surface area contributed by atoms with E-state index in [4.69, 9.17) is 33.4 Å². The molecule has 266 valence electrons. The molecule has 0 aromatic heterocycles. The average molecular weight is 696 g/mol. The average Bonchev–Trinajstić information content (AvgIpc) is 3.69. The molecule has 1 saturated heterocycles. The van der Waals surface area contributed by atoms with E-state index in [0.717, 1.165) is 27.8 Å². The van der Waals surface area contributed by atoms with E-state index in [1.807, 2.05) is 103 Å². The van der Waals surface area contributed by atoms with Crippen LogP contribution in [0.5, 0.6) is 0 Å². The van der Waals surface area contributed by atoms with Crippen molar-refractivity contribution in [2.24, 2.45) is 4.99 Å². The van der Waals surface area contributed by atoms with Crippen LogP contribution in [0.1, 0.15) is 27.8 Å². The van der Waals surface area contributed by atoms with E-state index in [1.54, 1.807) is 0 Å². The number of aliphatic imine (C=N–C) groups is 1. The van der Waals surface area contributed by atoms with Crippen molar-refractivity contribution in [3.8, 4) is 0 Å². The van der Waals surface area contributed by atoms with Gasteiger partial charge in [-0.3, -0.25) is 0 Å².